The second-order valence-electron chi connectivity index (χ2n) is 6.99. The van der Waals surface area contributed by atoms with Gasteiger partial charge < -0.3 is 14.8 Å². The van der Waals surface area contributed by atoms with Gasteiger partial charge in [-0.15, -0.1) is 0 Å². The van der Waals surface area contributed by atoms with Gasteiger partial charge in [0.1, 0.15) is 0 Å². The molecule has 1 aliphatic rings. The van der Waals surface area contributed by atoms with Crippen LogP contribution in [-0.2, 0) is 13.6 Å². The van der Waals surface area contributed by atoms with Crippen LogP contribution in [0.3, 0.4) is 0 Å². The summed E-state index contributed by atoms with van der Waals surface area (Å²) in [5.74, 6) is 0.490. The number of carbonyl (C=O) groups is 1. The summed E-state index contributed by atoms with van der Waals surface area (Å²) < 4.78 is 2.08. The van der Waals surface area contributed by atoms with E-state index < -0.39 is 0 Å². The minimum Gasteiger partial charge on any atom is -0.337 e. The summed E-state index contributed by atoms with van der Waals surface area (Å²) in [7, 11) is 2.03. The molecule has 0 radical (unpaired) electrons. The molecule has 1 saturated heterocycles. The third-order valence-electron chi connectivity index (χ3n) is 5.36. The fraction of sp³-hybridized carbons (Fsp3) is 0.333. The van der Waals surface area contributed by atoms with Gasteiger partial charge in [-0.3, -0.25) is 0 Å². The number of fused-ring (bicyclic) bond motifs is 1. The molecule has 0 atom stereocenters. The highest BCUT2D eigenvalue weighted by molar-refractivity contribution is 5.86. The molecule has 5 heteroatoms. The van der Waals surface area contributed by atoms with Crippen molar-refractivity contribution >= 4 is 16.8 Å². The number of likely N-dealkylation sites (tertiary alicyclic amines) is 1. The van der Waals surface area contributed by atoms with Crippen molar-refractivity contribution in [3.63, 3.8) is 0 Å². The van der Waals surface area contributed by atoms with Crippen LogP contribution in [-0.4, -0.2) is 33.6 Å². The van der Waals surface area contributed by atoms with Crippen LogP contribution in [0.2, 0.25) is 0 Å². The quantitative estimate of drug-likeness (QED) is 0.785. The predicted octanol–water partition coefficient (Wildman–Crippen LogP) is 3.66. The van der Waals surface area contributed by atoms with E-state index in [1.807, 2.05) is 42.7 Å². The highest BCUT2D eigenvalue weighted by Crippen LogP contribution is 2.27. The van der Waals surface area contributed by atoms with Crippen LogP contribution in [0.1, 0.15) is 30.0 Å². The van der Waals surface area contributed by atoms with E-state index in [0.29, 0.717) is 12.5 Å². The van der Waals surface area contributed by atoms with E-state index in [1.165, 1.54) is 16.5 Å². The first kappa shape index (κ1) is 16.6. The van der Waals surface area contributed by atoms with Gasteiger partial charge in [0.25, 0.3) is 0 Å². The molecule has 134 valence electrons. The molecule has 1 aliphatic heterocycles. The van der Waals surface area contributed by atoms with Crippen molar-refractivity contribution in [1.29, 1.82) is 0 Å². The Balaban J connectivity index is 1.35. The van der Waals surface area contributed by atoms with E-state index in [1.54, 1.807) is 0 Å². The molecule has 0 saturated carbocycles. The second-order valence-corrected chi connectivity index (χ2v) is 6.99. The number of benzene rings is 2. The number of hydrogen-bond donors (Lipinski definition) is 1. The van der Waals surface area contributed by atoms with Crippen molar-refractivity contribution in [2.24, 2.45) is 7.05 Å². The summed E-state index contributed by atoms with van der Waals surface area (Å²) in [4.78, 5) is 18.7. The number of rotatable bonds is 3. The van der Waals surface area contributed by atoms with Crippen LogP contribution in [0.25, 0.3) is 10.8 Å². The molecule has 0 bridgehead atoms. The van der Waals surface area contributed by atoms with E-state index in [2.05, 4.69) is 39.1 Å². The Morgan fingerprint density at radius 1 is 1.15 bits per heavy atom. The van der Waals surface area contributed by atoms with Gasteiger partial charge in [-0.05, 0) is 29.2 Å². The number of piperidine rings is 1. The molecule has 4 rings (SSSR count). The smallest absolute Gasteiger partial charge is 0.317 e. The van der Waals surface area contributed by atoms with Gasteiger partial charge in [0.05, 0.1) is 6.33 Å². The van der Waals surface area contributed by atoms with E-state index >= 15 is 0 Å². The molecular weight excluding hydrogens is 324 g/mol. The number of hydrogen-bond acceptors (Lipinski definition) is 2. The van der Waals surface area contributed by atoms with Crippen molar-refractivity contribution in [3.8, 4) is 0 Å². The van der Waals surface area contributed by atoms with Crippen molar-refractivity contribution in [3.05, 3.63) is 66.2 Å². The van der Waals surface area contributed by atoms with E-state index in [4.69, 9.17) is 0 Å². The largest absolute Gasteiger partial charge is 0.337 e. The third-order valence-corrected chi connectivity index (χ3v) is 5.36. The summed E-state index contributed by atoms with van der Waals surface area (Å²) in [6, 6.07) is 14.5. The van der Waals surface area contributed by atoms with Gasteiger partial charge in [0, 0.05) is 44.5 Å². The molecule has 0 aliphatic carbocycles. The van der Waals surface area contributed by atoms with Crippen LogP contribution in [0.4, 0.5) is 4.79 Å². The maximum atomic E-state index is 12.6. The zero-order valence-corrected chi connectivity index (χ0v) is 15.1. The number of aryl methyl sites for hydroxylation is 1. The zero-order valence-electron chi connectivity index (χ0n) is 15.1. The van der Waals surface area contributed by atoms with Gasteiger partial charge in [-0.1, -0.05) is 42.5 Å². The summed E-state index contributed by atoms with van der Waals surface area (Å²) in [6.45, 7) is 2.14. The molecule has 2 amide bonds. The van der Waals surface area contributed by atoms with E-state index in [0.717, 1.165) is 31.5 Å². The molecule has 26 heavy (non-hydrogen) atoms. The van der Waals surface area contributed by atoms with Crippen LogP contribution >= 0.6 is 0 Å². The molecule has 1 aromatic heterocycles. The molecule has 1 N–H and O–H groups in total. The first-order valence-corrected chi connectivity index (χ1v) is 9.18. The molecular formula is C21H24N4O. The number of urea groups is 1. The van der Waals surface area contributed by atoms with Crippen LogP contribution < -0.4 is 5.32 Å². The molecule has 5 nitrogen and oxygen atoms in total. The normalized spacial score (nSPS) is 15.3. The number of aromatic nitrogens is 2. The first-order chi connectivity index (χ1) is 12.7. The molecule has 0 unspecified atom stereocenters. The monoisotopic (exact) mass is 348 g/mol. The minimum atomic E-state index is 0.0291. The lowest BCUT2D eigenvalue weighted by molar-refractivity contribution is 0.180. The Hall–Kier alpha value is -2.82. The van der Waals surface area contributed by atoms with Gasteiger partial charge in [0.2, 0.25) is 0 Å². The van der Waals surface area contributed by atoms with Gasteiger partial charge in [-0.2, -0.15) is 0 Å². The lowest BCUT2D eigenvalue weighted by Gasteiger charge is -2.32. The number of imidazole rings is 1. The first-order valence-electron chi connectivity index (χ1n) is 9.18. The maximum Gasteiger partial charge on any atom is 0.317 e. The highest BCUT2D eigenvalue weighted by atomic mass is 16.2. The van der Waals surface area contributed by atoms with Crippen LogP contribution in [0, 0.1) is 0 Å². The fourth-order valence-electron chi connectivity index (χ4n) is 3.87. The van der Waals surface area contributed by atoms with Crippen molar-refractivity contribution < 1.29 is 4.79 Å². The predicted molar refractivity (Wildman–Crippen MR) is 103 cm³/mol. The van der Waals surface area contributed by atoms with Gasteiger partial charge in [-0.25, -0.2) is 9.78 Å². The number of nitrogens with one attached hydrogen (secondary N) is 1. The topological polar surface area (TPSA) is 50.2 Å². The summed E-state index contributed by atoms with van der Waals surface area (Å²) in [5.41, 5.74) is 2.42. The van der Waals surface area contributed by atoms with Crippen LogP contribution in [0.5, 0.6) is 0 Å². The van der Waals surface area contributed by atoms with E-state index in [9.17, 15) is 4.79 Å². The van der Waals surface area contributed by atoms with Gasteiger partial charge >= 0.3 is 6.03 Å². The van der Waals surface area contributed by atoms with Crippen LogP contribution in [0.15, 0.2) is 55.0 Å². The molecule has 1 fully saturated rings. The summed E-state index contributed by atoms with van der Waals surface area (Å²) >= 11 is 0. The Labute approximate surface area is 153 Å². The fourth-order valence-corrected chi connectivity index (χ4v) is 3.87. The highest BCUT2D eigenvalue weighted by Gasteiger charge is 2.25. The van der Waals surface area contributed by atoms with Gasteiger partial charge in [0.15, 0.2) is 0 Å². The van der Waals surface area contributed by atoms with Crippen molar-refractivity contribution in [2.75, 3.05) is 13.1 Å². The number of amides is 2. The average molecular weight is 348 g/mol. The lowest BCUT2D eigenvalue weighted by atomic mass is 9.94. The zero-order chi connectivity index (χ0) is 17.9. The number of nitrogens with zero attached hydrogens (tertiary/aromatic N) is 3. The maximum absolute atomic E-state index is 12.6. The summed E-state index contributed by atoms with van der Waals surface area (Å²) in [6.07, 6.45) is 5.77. The summed E-state index contributed by atoms with van der Waals surface area (Å²) in [5, 5.41) is 5.50. The second kappa shape index (κ2) is 7.20. The molecule has 2 heterocycles. The Morgan fingerprint density at radius 2 is 1.92 bits per heavy atom. The Bertz CT molecular complexity index is 904. The standard InChI is InChI=1S/C21H24N4O/c1-24-15-22-14-20(24)17-9-11-25(12-10-17)21(26)23-13-18-7-4-6-16-5-2-3-8-19(16)18/h2-8,14-15,17H,9-13H2,1H3,(H,23,26). The Morgan fingerprint density at radius 3 is 2.69 bits per heavy atom. The Kier molecular flexibility index (Phi) is 4.61. The molecule has 3 aromatic rings. The third kappa shape index (κ3) is 3.29. The number of carbonyl (C=O) groups excluding carboxylic acids is 1. The average Bonchev–Trinajstić information content (AvgIpc) is 3.12. The van der Waals surface area contributed by atoms with Crippen molar-refractivity contribution in [1.82, 2.24) is 19.8 Å². The van der Waals surface area contributed by atoms with Crippen molar-refractivity contribution in [2.45, 2.75) is 25.3 Å². The van der Waals surface area contributed by atoms with E-state index in [-0.39, 0.29) is 6.03 Å². The SMILES string of the molecule is Cn1cncc1C1CCN(C(=O)NCc2cccc3ccccc23)CC1. The minimum absolute atomic E-state index is 0.0291. The molecule has 0 spiro atoms. The lowest BCUT2D eigenvalue weighted by Crippen LogP contribution is -2.44. The molecule has 2 aromatic carbocycles.